The van der Waals surface area contributed by atoms with Gasteiger partial charge in [0, 0.05) is 19.7 Å². The van der Waals surface area contributed by atoms with Crippen LogP contribution in [0.4, 0.5) is 4.39 Å². The average molecular weight is 279 g/mol. The lowest BCUT2D eigenvalue weighted by atomic mass is 10.3. The number of hydrogen-bond acceptors (Lipinski definition) is 2. The van der Waals surface area contributed by atoms with Gasteiger partial charge in [-0.2, -0.15) is 0 Å². The Kier molecular flexibility index (Phi) is 5.21. The van der Waals surface area contributed by atoms with Gasteiger partial charge in [-0.15, -0.1) is 0 Å². The molecule has 0 heterocycles. The number of halogens is 1. The molecular weight excluding hydrogens is 257 g/mol. The number of aliphatic imine (C=N–C) groups is 1. The first-order valence-electron chi connectivity index (χ1n) is 7.04. The third kappa shape index (κ3) is 5.07. The minimum absolute atomic E-state index is 0.0729. The van der Waals surface area contributed by atoms with Gasteiger partial charge in [-0.1, -0.05) is 6.07 Å². The number of nitrogens with zero attached hydrogens (tertiary/aromatic N) is 1. The monoisotopic (exact) mass is 279 g/mol. The summed E-state index contributed by atoms with van der Waals surface area (Å²) in [7, 11) is 1.75. The highest BCUT2D eigenvalue weighted by Crippen LogP contribution is 2.27. The van der Waals surface area contributed by atoms with Crippen LogP contribution in [0.1, 0.15) is 19.8 Å². The molecule has 2 N–H and O–H groups in total. The lowest BCUT2D eigenvalue weighted by Crippen LogP contribution is -2.42. The van der Waals surface area contributed by atoms with Crippen molar-refractivity contribution < 1.29 is 9.13 Å². The van der Waals surface area contributed by atoms with Gasteiger partial charge < -0.3 is 15.4 Å². The number of benzene rings is 1. The fourth-order valence-electron chi connectivity index (χ4n) is 1.84. The summed E-state index contributed by atoms with van der Waals surface area (Å²) in [5.74, 6) is 1.84. The van der Waals surface area contributed by atoms with E-state index >= 15 is 0 Å². The summed E-state index contributed by atoms with van der Waals surface area (Å²) in [5, 5.41) is 6.49. The number of ether oxygens (including phenoxy) is 1. The van der Waals surface area contributed by atoms with Crippen molar-refractivity contribution in [3.8, 4) is 5.75 Å². The molecule has 0 amide bonds. The number of hydrogen-bond donors (Lipinski definition) is 2. The normalized spacial score (nSPS) is 16.6. The van der Waals surface area contributed by atoms with Crippen LogP contribution in [0.2, 0.25) is 0 Å². The van der Waals surface area contributed by atoms with Crippen LogP contribution < -0.4 is 15.4 Å². The van der Waals surface area contributed by atoms with Gasteiger partial charge in [-0.3, -0.25) is 4.99 Å². The number of nitrogens with one attached hydrogen (secondary N) is 2. The van der Waals surface area contributed by atoms with E-state index in [1.54, 1.807) is 19.2 Å². The molecule has 110 valence electrons. The largest absolute Gasteiger partial charge is 0.489 e. The Morgan fingerprint density at radius 2 is 2.25 bits per heavy atom. The third-order valence-electron chi connectivity index (χ3n) is 3.17. The fourth-order valence-corrected chi connectivity index (χ4v) is 1.84. The Bertz CT molecular complexity index is 460. The predicted octanol–water partition coefficient (Wildman–Crippen LogP) is 2.17. The van der Waals surface area contributed by atoms with Crippen LogP contribution in [0.3, 0.4) is 0 Å². The molecule has 1 atom stereocenters. The molecule has 1 aromatic rings. The molecule has 0 radical (unpaired) electrons. The maximum atomic E-state index is 13.0. The van der Waals surface area contributed by atoms with E-state index in [9.17, 15) is 4.39 Å². The van der Waals surface area contributed by atoms with E-state index in [0.29, 0.717) is 12.3 Å². The van der Waals surface area contributed by atoms with Crippen molar-refractivity contribution in [3.05, 3.63) is 30.1 Å². The summed E-state index contributed by atoms with van der Waals surface area (Å²) < 4.78 is 18.7. The SMILES string of the molecule is CN=C(NCC1CC1)NCC(C)Oc1cccc(F)c1. The summed E-state index contributed by atoms with van der Waals surface area (Å²) >= 11 is 0. The van der Waals surface area contributed by atoms with E-state index in [4.69, 9.17) is 4.74 Å². The smallest absolute Gasteiger partial charge is 0.191 e. The first-order valence-corrected chi connectivity index (χ1v) is 7.04. The van der Waals surface area contributed by atoms with Crippen molar-refractivity contribution in [1.82, 2.24) is 10.6 Å². The second kappa shape index (κ2) is 7.12. The van der Waals surface area contributed by atoms with Crippen LogP contribution in [0.25, 0.3) is 0 Å². The highest BCUT2D eigenvalue weighted by Gasteiger charge is 2.21. The topological polar surface area (TPSA) is 45.7 Å². The molecule has 1 fully saturated rings. The lowest BCUT2D eigenvalue weighted by molar-refractivity contribution is 0.223. The van der Waals surface area contributed by atoms with Crippen LogP contribution in [0.15, 0.2) is 29.3 Å². The van der Waals surface area contributed by atoms with Gasteiger partial charge in [0.25, 0.3) is 0 Å². The van der Waals surface area contributed by atoms with Gasteiger partial charge in [0.1, 0.15) is 17.7 Å². The van der Waals surface area contributed by atoms with Crippen molar-refractivity contribution >= 4 is 5.96 Å². The molecular formula is C15H22FN3O. The van der Waals surface area contributed by atoms with Gasteiger partial charge in [-0.25, -0.2) is 4.39 Å². The van der Waals surface area contributed by atoms with Crippen molar-refractivity contribution in [2.24, 2.45) is 10.9 Å². The molecule has 1 aliphatic rings. The zero-order valence-corrected chi connectivity index (χ0v) is 12.0. The summed E-state index contributed by atoms with van der Waals surface area (Å²) in [4.78, 5) is 4.16. The van der Waals surface area contributed by atoms with E-state index in [-0.39, 0.29) is 11.9 Å². The summed E-state index contributed by atoms with van der Waals surface area (Å²) in [6.07, 6.45) is 2.54. The maximum Gasteiger partial charge on any atom is 0.191 e. The van der Waals surface area contributed by atoms with Crippen LogP contribution >= 0.6 is 0 Å². The molecule has 0 spiro atoms. The molecule has 20 heavy (non-hydrogen) atoms. The molecule has 0 aliphatic heterocycles. The molecule has 0 bridgehead atoms. The molecule has 2 rings (SSSR count). The molecule has 1 aliphatic carbocycles. The van der Waals surface area contributed by atoms with Crippen LogP contribution in [0, 0.1) is 11.7 Å². The van der Waals surface area contributed by atoms with Crippen molar-refractivity contribution in [3.63, 3.8) is 0 Å². The lowest BCUT2D eigenvalue weighted by Gasteiger charge is -2.17. The first kappa shape index (κ1) is 14.6. The van der Waals surface area contributed by atoms with Gasteiger partial charge in [0.05, 0.1) is 6.54 Å². The Balaban J connectivity index is 1.71. The van der Waals surface area contributed by atoms with Crippen LogP contribution in [-0.4, -0.2) is 32.2 Å². The van der Waals surface area contributed by atoms with Crippen molar-refractivity contribution in [2.45, 2.75) is 25.9 Å². The molecule has 1 aromatic carbocycles. The molecule has 0 saturated heterocycles. The van der Waals surface area contributed by atoms with Crippen molar-refractivity contribution in [1.29, 1.82) is 0 Å². The zero-order valence-electron chi connectivity index (χ0n) is 12.0. The second-order valence-electron chi connectivity index (χ2n) is 5.16. The van der Waals surface area contributed by atoms with Gasteiger partial charge >= 0.3 is 0 Å². The molecule has 1 unspecified atom stereocenters. The molecule has 0 aromatic heterocycles. The highest BCUT2D eigenvalue weighted by atomic mass is 19.1. The summed E-state index contributed by atoms with van der Waals surface area (Å²) in [5.41, 5.74) is 0. The fraction of sp³-hybridized carbons (Fsp3) is 0.533. The molecule has 4 nitrogen and oxygen atoms in total. The van der Waals surface area contributed by atoms with E-state index in [2.05, 4.69) is 15.6 Å². The quantitative estimate of drug-likeness (QED) is 0.619. The van der Waals surface area contributed by atoms with Crippen LogP contribution in [-0.2, 0) is 0 Å². The van der Waals surface area contributed by atoms with Gasteiger partial charge in [0.15, 0.2) is 5.96 Å². The molecule has 1 saturated carbocycles. The van der Waals surface area contributed by atoms with Crippen molar-refractivity contribution in [2.75, 3.05) is 20.1 Å². The predicted molar refractivity (Wildman–Crippen MR) is 78.6 cm³/mol. The third-order valence-corrected chi connectivity index (χ3v) is 3.17. The summed E-state index contributed by atoms with van der Waals surface area (Å²) in [6, 6.07) is 6.18. The van der Waals surface area contributed by atoms with Gasteiger partial charge in [0.2, 0.25) is 0 Å². The average Bonchev–Trinajstić information content (AvgIpc) is 3.23. The van der Waals surface area contributed by atoms with E-state index in [0.717, 1.165) is 18.4 Å². The van der Waals surface area contributed by atoms with Crippen LogP contribution in [0.5, 0.6) is 5.75 Å². The Hall–Kier alpha value is -1.78. The highest BCUT2D eigenvalue weighted by molar-refractivity contribution is 5.79. The first-order chi connectivity index (χ1) is 9.67. The summed E-state index contributed by atoms with van der Waals surface area (Å²) in [6.45, 7) is 3.52. The number of guanidine groups is 1. The van der Waals surface area contributed by atoms with Gasteiger partial charge in [-0.05, 0) is 37.8 Å². The Morgan fingerprint density at radius 3 is 2.90 bits per heavy atom. The Morgan fingerprint density at radius 1 is 1.45 bits per heavy atom. The zero-order chi connectivity index (χ0) is 14.4. The standard InChI is InChI=1S/C15H22FN3O/c1-11(20-14-5-3-4-13(16)8-14)9-18-15(17-2)19-10-12-6-7-12/h3-5,8,11-12H,6-7,9-10H2,1-2H3,(H2,17,18,19). The van der Waals surface area contributed by atoms with E-state index < -0.39 is 0 Å². The number of rotatable bonds is 6. The van der Waals surface area contributed by atoms with E-state index in [1.807, 2.05) is 6.92 Å². The minimum Gasteiger partial charge on any atom is -0.489 e. The van der Waals surface area contributed by atoms with E-state index in [1.165, 1.54) is 25.0 Å². The maximum absolute atomic E-state index is 13.0. The minimum atomic E-state index is -0.287. The second-order valence-corrected chi connectivity index (χ2v) is 5.16. The molecule has 5 heteroatoms. The Labute approximate surface area is 119 Å².